The van der Waals surface area contributed by atoms with Crippen LogP contribution < -0.4 is 25.4 Å². The molecule has 1 aliphatic heterocycles. The normalized spacial score (nSPS) is 15.4. The van der Waals surface area contributed by atoms with Crippen molar-refractivity contribution in [3.63, 3.8) is 0 Å². The Bertz CT molecular complexity index is 1100. The Kier molecular flexibility index (Phi) is 8.90. The van der Waals surface area contributed by atoms with Crippen LogP contribution in [0.4, 0.5) is 0 Å². The van der Waals surface area contributed by atoms with Crippen LogP contribution in [0, 0.1) is 6.92 Å². The van der Waals surface area contributed by atoms with Crippen molar-refractivity contribution in [1.82, 2.24) is 20.7 Å². The summed E-state index contributed by atoms with van der Waals surface area (Å²) in [6.45, 7) is 2.78. The van der Waals surface area contributed by atoms with Crippen molar-refractivity contribution in [3.8, 4) is 5.75 Å². The van der Waals surface area contributed by atoms with Crippen molar-refractivity contribution in [2.24, 2.45) is 0 Å². The molecule has 0 saturated carbocycles. The summed E-state index contributed by atoms with van der Waals surface area (Å²) in [6.07, 6.45) is 0.789. The number of nitrogens with one attached hydrogen (secondary N) is 4. The minimum Gasteiger partial charge on any atom is -0.482 e. The number of hydrogen-bond donors (Lipinski definition) is 4. The number of benzene rings is 2. The molecular weight excluding hydrogens is 480 g/mol. The largest absolute Gasteiger partial charge is 0.482 e. The molecule has 0 atom stereocenters. The highest BCUT2D eigenvalue weighted by Crippen LogP contribution is 2.23. The number of amides is 2. The van der Waals surface area contributed by atoms with E-state index in [1.54, 1.807) is 36.4 Å². The van der Waals surface area contributed by atoms with E-state index in [1.165, 1.54) is 12.1 Å². The third-order valence-corrected chi connectivity index (χ3v) is 7.29. The first-order valence-electron chi connectivity index (χ1n) is 11.0. The quantitative estimate of drug-likeness (QED) is 0.359. The van der Waals surface area contributed by atoms with Gasteiger partial charge in [0.15, 0.2) is 6.61 Å². The molecule has 0 aliphatic carbocycles. The van der Waals surface area contributed by atoms with E-state index in [4.69, 9.17) is 16.3 Å². The summed E-state index contributed by atoms with van der Waals surface area (Å²) in [6, 6.07) is 13.3. The molecule has 2 aromatic rings. The summed E-state index contributed by atoms with van der Waals surface area (Å²) in [5.74, 6) is -0.435. The molecule has 34 heavy (non-hydrogen) atoms. The second-order valence-corrected chi connectivity index (χ2v) is 10.2. The van der Waals surface area contributed by atoms with E-state index in [0.29, 0.717) is 36.7 Å². The average Bonchev–Trinajstić information content (AvgIpc) is 2.82. The molecule has 1 aliphatic rings. The van der Waals surface area contributed by atoms with Crippen LogP contribution in [0.2, 0.25) is 5.02 Å². The first-order chi connectivity index (χ1) is 16.2. The zero-order valence-corrected chi connectivity index (χ0v) is 20.5. The monoisotopic (exact) mass is 508 g/mol. The third kappa shape index (κ3) is 6.92. The molecule has 184 valence electrons. The van der Waals surface area contributed by atoms with Gasteiger partial charge in [0.25, 0.3) is 5.91 Å². The molecule has 0 bridgehead atoms. The Morgan fingerprint density at radius 1 is 1.06 bits per heavy atom. The molecule has 1 saturated heterocycles. The maximum absolute atomic E-state index is 13.0. The predicted molar refractivity (Wildman–Crippen MR) is 129 cm³/mol. The van der Waals surface area contributed by atoms with Crippen molar-refractivity contribution in [3.05, 3.63) is 59.1 Å². The summed E-state index contributed by atoms with van der Waals surface area (Å²) < 4.78 is 32.8. The summed E-state index contributed by atoms with van der Waals surface area (Å²) in [7, 11) is -3.68. The van der Waals surface area contributed by atoms with E-state index in [2.05, 4.69) is 20.7 Å². The second kappa shape index (κ2) is 11.7. The number of carbonyl (C=O) groups is 2. The van der Waals surface area contributed by atoms with Gasteiger partial charge in [-0.1, -0.05) is 41.4 Å². The first-order valence-corrected chi connectivity index (χ1v) is 12.8. The van der Waals surface area contributed by atoms with Crippen LogP contribution in [0.15, 0.2) is 53.4 Å². The van der Waals surface area contributed by atoms with Crippen molar-refractivity contribution >= 4 is 33.4 Å². The highest BCUT2D eigenvalue weighted by molar-refractivity contribution is 7.89. The van der Waals surface area contributed by atoms with E-state index in [0.717, 1.165) is 5.56 Å². The third-order valence-electron chi connectivity index (χ3n) is 5.50. The van der Waals surface area contributed by atoms with Crippen molar-refractivity contribution in [2.75, 3.05) is 32.8 Å². The summed E-state index contributed by atoms with van der Waals surface area (Å²) in [5, 5.41) is 9.11. The minimum absolute atomic E-state index is 0.0137. The zero-order valence-electron chi connectivity index (χ0n) is 18.9. The number of carbonyl (C=O) groups excluding carboxylic acids is 2. The lowest BCUT2D eigenvalue weighted by Gasteiger charge is -2.37. The van der Waals surface area contributed by atoms with Crippen molar-refractivity contribution < 1.29 is 22.7 Å². The average molecular weight is 509 g/mol. The van der Waals surface area contributed by atoms with Gasteiger partial charge in [-0.25, -0.2) is 13.1 Å². The summed E-state index contributed by atoms with van der Waals surface area (Å²) in [4.78, 5) is 25.8. The van der Waals surface area contributed by atoms with Gasteiger partial charge in [0.05, 0.1) is 9.92 Å². The van der Waals surface area contributed by atoms with Gasteiger partial charge in [-0.3, -0.25) is 9.59 Å². The molecule has 0 unspecified atom stereocenters. The number of piperidine rings is 1. The number of hydrogen-bond acceptors (Lipinski definition) is 6. The summed E-state index contributed by atoms with van der Waals surface area (Å²) >= 11 is 6.05. The maximum atomic E-state index is 13.0. The van der Waals surface area contributed by atoms with Crippen molar-refractivity contribution in [1.29, 1.82) is 0 Å². The van der Waals surface area contributed by atoms with Crippen LogP contribution in [0.3, 0.4) is 0 Å². The van der Waals surface area contributed by atoms with E-state index in [9.17, 15) is 18.0 Å². The van der Waals surface area contributed by atoms with E-state index < -0.39 is 21.5 Å². The highest BCUT2D eigenvalue weighted by atomic mass is 35.5. The molecule has 2 amide bonds. The van der Waals surface area contributed by atoms with Crippen LogP contribution in [0.5, 0.6) is 5.75 Å². The highest BCUT2D eigenvalue weighted by Gasteiger charge is 2.40. The fraction of sp³-hybridized carbons (Fsp3) is 0.391. The smallest absolute Gasteiger partial charge is 0.258 e. The molecule has 1 fully saturated rings. The SMILES string of the molecule is Cc1ccc(S(=O)(=O)NCCNC(=O)C2(NC(=O)COc3ccccc3Cl)CCNCC2)cc1. The number of rotatable bonds is 10. The van der Waals surface area contributed by atoms with Crippen LogP contribution in [0.1, 0.15) is 18.4 Å². The van der Waals surface area contributed by atoms with Gasteiger partial charge in [0, 0.05) is 13.1 Å². The number of aryl methyl sites for hydroxylation is 1. The molecule has 2 aromatic carbocycles. The van der Waals surface area contributed by atoms with Gasteiger partial charge in [-0.15, -0.1) is 0 Å². The number of sulfonamides is 1. The first kappa shape index (κ1) is 26.0. The molecule has 9 nitrogen and oxygen atoms in total. The maximum Gasteiger partial charge on any atom is 0.258 e. The van der Waals surface area contributed by atoms with Crippen LogP contribution in [0.25, 0.3) is 0 Å². The summed E-state index contributed by atoms with van der Waals surface area (Å²) in [5.41, 5.74) is -0.153. The van der Waals surface area contributed by atoms with Crippen LogP contribution >= 0.6 is 11.6 Å². The lowest BCUT2D eigenvalue weighted by Crippen LogP contribution is -2.63. The number of halogens is 1. The molecule has 11 heteroatoms. The van der Waals surface area contributed by atoms with Crippen molar-refractivity contribution in [2.45, 2.75) is 30.2 Å². The fourth-order valence-corrected chi connectivity index (χ4v) is 4.82. The lowest BCUT2D eigenvalue weighted by atomic mass is 9.87. The van der Waals surface area contributed by atoms with Gasteiger partial charge in [0.1, 0.15) is 11.3 Å². The van der Waals surface area contributed by atoms with Crippen LogP contribution in [-0.4, -0.2) is 58.6 Å². The molecule has 4 N–H and O–H groups in total. The molecule has 0 aromatic heterocycles. The second-order valence-electron chi connectivity index (χ2n) is 8.07. The Hall–Kier alpha value is -2.66. The molecular formula is C23H29ClN4O5S. The topological polar surface area (TPSA) is 126 Å². The molecule has 3 rings (SSSR count). The van der Waals surface area contributed by atoms with Crippen LogP contribution in [-0.2, 0) is 19.6 Å². The van der Waals surface area contributed by atoms with E-state index in [-0.39, 0.29) is 30.5 Å². The molecule has 0 radical (unpaired) electrons. The predicted octanol–water partition coefficient (Wildman–Crippen LogP) is 1.36. The number of ether oxygens (including phenoxy) is 1. The van der Waals surface area contributed by atoms with E-state index in [1.807, 2.05) is 6.92 Å². The standard InChI is InChI=1S/C23H29ClN4O5S/c1-17-6-8-18(9-7-17)34(31,32)27-15-14-26-22(30)23(10-12-25-13-11-23)28-21(29)16-33-20-5-3-2-4-19(20)24/h2-9,25,27H,10-16H2,1H3,(H,26,30)(H,28,29). The Balaban J connectivity index is 1.53. The molecule has 1 heterocycles. The van der Waals surface area contributed by atoms with Gasteiger partial charge in [-0.05, 0) is 57.1 Å². The lowest BCUT2D eigenvalue weighted by molar-refractivity contribution is -0.135. The molecule has 0 spiro atoms. The minimum atomic E-state index is -3.68. The van der Waals surface area contributed by atoms with Gasteiger partial charge in [0.2, 0.25) is 15.9 Å². The zero-order chi connectivity index (χ0) is 24.6. The van der Waals surface area contributed by atoms with Gasteiger partial charge < -0.3 is 20.7 Å². The Morgan fingerprint density at radius 3 is 2.41 bits per heavy atom. The van der Waals surface area contributed by atoms with E-state index >= 15 is 0 Å². The van der Waals surface area contributed by atoms with Gasteiger partial charge in [-0.2, -0.15) is 0 Å². The van der Waals surface area contributed by atoms with Gasteiger partial charge >= 0.3 is 0 Å². The Morgan fingerprint density at radius 2 is 1.74 bits per heavy atom. The Labute approximate surface area is 204 Å². The number of para-hydroxylation sites is 1. The fourth-order valence-electron chi connectivity index (χ4n) is 3.60.